The number of fused-ring (bicyclic) bond motifs is 9. The molecule has 6 bridgehead atoms. The van der Waals surface area contributed by atoms with E-state index in [4.69, 9.17) is 37.4 Å². The van der Waals surface area contributed by atoms with Gasteiger partial charge in [-0.1, -0.05) is 116 Å². The standard InChI is InChI=1S/2C26H30ClFN2O3.C26H28F4N2O3/c1-17-3-5-19(6-4-17)15-29-24(32)26-11-9-25(10-12-26,14-18(26)2)30-23(31)16-33-20-7-8-21(27)22(28)13-20;1-17-4-3-5-19(12-17)15-29-24(32)26-10-8-25(9-11-26,14-18(26)2)30-23(31)16-33-20-6-7-21(27)22(28)13-20;1-17-14-24(32-22(33)16-35-21-8-6-20(27)7-9-21)10-12-25(17,13-11-24)23(34)31-15-18-2-4-19(5-3-18)26(28,29)30/h3-8,13,18H,9-12,14-16H2,1-2H3,(H,29,32)(H,30,31);3-7,12-13,18H,8-11,14-16H2,1-2H3,(H,29,32)(H,30,31);2-9,17H,10-16H2,1H3,(H,31,34)(H,32,33). The Kier molecular flexibility index (Phi) is 23.5. The Morgan fingerprint density at radius 2 is 0.772 bits per heavy atom. The van der Waals surface area contributed by atoms with E-state index in [9.17, 15) is 55.1 Å². The van der Waals surface area contributed by atoms with Gasteiger partial charge in [0.05, 0.1) is 31.9 Å². The topological polar surface area (TPSA) is 202 Å². The van der Waals surface area contributed by atoms with E-state index in [1.54, 1.807) is 0 Å². The summed E-state index contributed by atoms with van der Waals surface area (Å²) in [7, 11) is 0. The molecular weight excluding hydrogens is 1350 g/mol. The van der Waals surface area contributed by atoms with Crippen molar-refractivity contribution in [3.05, 3.63) is 194 Å². The summed E-state index contributed by atoms with van der Waals surface area (Å²) in [6, 6.07) is 34.8. The van der Waals surface area contributed by atoms with E-state index < -0.39 is 34.3 Å². The molecule has 15 nitrogen and oxygen atoms in total. The molecule has 101 heavy (non-hydrogen) atoms. The predicted octanol–water partition coefficient (Wildman–Crippen LogP) is 14.9. The first kappa shape index (κ1) is 75.4. The lowest BCUT2D eigenvalue weighted by molar-refractivity contribution is -0.147. The molecule has 9 aliphatic rings. The normalized spacial score (nSPS) is 25.9. The van der Waals surface area contributed by atoms with Crippen molar-refractivity contribution in [2.75, 3.05) is 19.8 Å². The number of halogens is 8. The number of benzene rings is 6. The number of nitrogens with one attached hydrogen (secondary N) is 6. The molecule has 6 aromatic carbocycles. The van der Waals surface area contributed by atoms with Crippen LogP contribution in [-0.4, -0.2) is 71.9 Å². The molecule has 6 aromatic rings. The highest BCUT2D eigenvalue weighted by Crippen LogP contribution is 2.58. The quantitative estimate of drug-likeness (QED) is 0.0379. The Morgan fingerprint density at radius 3 is 1.12 bits per heavy atom. The van der Waals surface area contributed by atoms with Gasteiger partial charge in [0.15, 0.2) is 19.8 Å². The third-order valence-corrected chi connectivity index (χ3v) is 23.0. The highest BCUT2D eigenvalue weighted by atomic mass is 35.5. The molecule has 9 saturated carbocycles. The lowest BCUT2D eigenvalue weighted by Crippen LogP contribution is -2.63. The molecule has 6 N–H and O–H groups in total. The van der Waals surface area contributed by atoms with Crippen LogP contribution in [0.1, 0.15) is 150 Å². The Bertz CT molecular complexity index is 3950. The lowest BCUT2D eigenvalue weighted by atomic mass is 9.52. The summed E-state index contributed by atoms with van der Waals surface area (Å²) in [6.45, 7) is 11.0. The Morgan fingerprint density at radius 1 is 0.426 bits per heavy atom. The zero-order chi connectivity index (χ0) is 72.5. The largest absolute Gasteiger partial charge is 0.484 e. The maximum Gasteiger partial charge on any atom is 0.416 e. The van der Waals surface area contributed by atoms with Crippen LogP contribution < -0.4 is 46.1 Å². The highest BCUT2D eigenvalue weighted by Gasteiger charge is 2.59. The van der Waals surface area contributed by atoms with Crippen molar-refractivity contribution in [2.45, 2.75) is 173 Å². The maximum atomic E-state index is 13.6. The molecule has 540 valence electrons. The van der Waals surface area contributed by atoms with Crippen LogP contribution in [0.5, 0.6) is 17.2 Å². The maximum absolute atomic E-state index is 13.6. The zero-order valence-corrected chi connectivity index (χ0v) is 59.0. The Hall–Kier alpha value is -8.30. The highest BCUT2D eigenvalue weighted by molar-refractivity contribution is 6.31. The number of ether oxygens (including phenoxy) is 3. The minimum Gasteiger partial charge on any atom is -0.484 e. The number of carbonyl (C=O) groups is 6. The molecule has 0 aromatic heterocycles. The predicted molar refractivity (Wildman–Crippen MR) is 372 cm³/mol. The summed E-state index contributed by atoms with van der Waals surface area (Å²) < 4.78 is 94.7. The van der Waals surface area contributed by atoms with Gasteiger partial charge in [-0.15, -0.1) is 0 Å². The average molecular weight is 1440 g/mol. The molecule has 15 rings (SSSR count). The second-order valence-electron chi connectivity index (χ2n) is 29.0. The number of rotatable bonds is 21. The third-order valence-electron chi connectivity index (χ3n) is 22.3. The second kappa shape index (κ2) is 31.5. The summed E-state index contributed by atoms with van der Waals surface area (Å²) in [4.78, 5) is 77.3. The number of amides is 6. The first-order valence-electron chi connectivity index (χ1n) is 34.5. The number of hydrogen-bond donors (Lipinski definition) is 6. The van der Waals surface area contributed by atoms with E-state index in [2.05, 4.69) is 51.8 Å². The molecule has 3 atom stereocenters. The van der Waals surface area contributed by atoms with Crippen molar-refractivity contribution in [3.63, 3.8) is 0 Å². The summed E-state index contributed by atoms with van der Waals surface area (Å²) in [5, 5.41) is 18.6. The second-order valence-corrected chi connectivity index (χ2v) is 29.8. The minimum absolute atomic E-state index is 0.00970. The number of aryl methyl sites for hydroxylation is 2. The molecule has 9 fully saturated rings. The van der Waals surface area contributed by atoms with Crippen LogP contribution in [0.25, 0.3) is 0 Å². The van der Waals surface area contributed by atoms with Gasteiger partial charge in [0.25, 0.3) is 17.7 Å². The Labute approximate surface area is 595 Å². The fraction of sp³-hybridized carbons (Fsp3) is 0.462. The summed E-state index contributed by atoms with van der Waals surface area (Å²) >= 11 is 11.4. The zero-order valence-electron chi connectivity index (χ0n) is 57.5. The van der Waals surface area contributed by atoms with Gasteiger partial charge >= 0.3 is 6.18 Å². The van der Waals surface area contributed by atoms with Crippen LogP contribution in [-0.2, 0) is 54.6 Å². The van der Waals surface area contributed by atoms with E-state index >= 15 is 0 Å². The SMILES string of the molecule is CC1CC2(NC(=O)COc3ccc(F)cc3)CCC1(C(=O)NCc1ccc(C(F)(F)F)cc1)CC2.Cc1ccc(CNC(=O)C23CCC(NC(=O)COc4ccc(Cl)c(F)c4)(CC2)CC3C)cc1.Cc1cccc(CNC(=O)C23CCC(NC(=O)COc4ccc(Cl)c(F)c4)(CC2)CC3C)c1. The molecule has 0 saturated heterocycles. The van der Waals surface area contributed by atoms with Crippen LogP contribution in [0.15, 0.2) is 133 Å². The van der Waals surface area contributed by atoms with E-state index in [1.807, 2.05) is 63.2 Å². The van der Waals surface area contributed by atoms with E-state index in [-0.39, 0.29) is 129 Å². The molecule has 9 aliphatic carbocycles. The van der Waals surface area contributed by atoms with E-state index in [0.717, 1.165) is 87.5 Å². The molecule has 0 radical (unpaired) electrons. The van der Waals surface area contributed by atoms with Crippen LogP contribution in [0, 0.1) is 65.3 Å². The summed E-state index contributed by atoms with van der Waals surface area (Å²) in [5.74, 6) is -0.897. The van der Waals surface area contributed by atoms with Gasteiger partial charge in [-0.05, 0) is 205 Å². The van der Waals surface area contributed by atoms with Crippen molar-refractivity contribution in [1.29, 1.82) is 0 Å². The monoisotopic (exact) mass is 1440 g/mol. The molecule has 0 aliphatic heterocycles. The van der Waals surface area contributed by atoms with Crippen LogP contribution in [0.2, 0.25) is 10.0 Å². The fourth-order valence-corrected chi connectivity index (χ4v) is 16.6. The van der Waals surface area contributed by atoms with Gasteiger partial charge in [0.2, 0.25) is 17.7 Å². The summed E-state index contributed by atoms with van der Waals surface area (Å²) in [5.41, 5.74) is 2.10. The minimum atomic E-state index is -4.39. The van der Waals surface area contributed by atoms with Gasteiger partial charge in [0, 0.05) is 48.4 Å². The number of alkyl halides is 3. The van der Waals surface area contributed by atoms with Gasteiger partial charge in [-0.2, -0.15) is 13.2 Å². The molecule has 23 heteroatoms. The summed E-state index contributed by atoms with van der Waals surface area (Å²) in [6.07, 6.45) is 6.36. The van der Waals surface area contributed by atoms with Crippen LogP contribution in [0.3, 0.4) is 0 Å². The van der Waals surface area contributed by atoms with E-state index in [0.29, 0.717) is 56.5 Å². The first-order chi connectivity index (χ1) is 47.9. The molecule has 3 unspecified atom stereocenters. The number of carbonyl (C=O) groups excluding carboxylic acids is 6. The average Bonchev–Trinajstić information content (AvgIpc) is 0.749. The van der Waals surface area contributed by atoms with Gasteiger partial charge in [-0.25, -0.2) is 13.2 Å². The van der Waals surface area contributed by atoms with Crippen molar-refractivity contribution in [3.8, 4) is 17.2 Å². The van der Waals surface area contributed by atoms with Gasteiger partial charge in [0.1, 0.15) is 34.7 Å². The molecule has 6 amide bonds. The third kappa shape index (κ3) is 18.1. The molecule has 0 spiro atoms. The molecule has 0 heterocycles. The lowest BCUT2D eigenvalue weighted by Gasteiger charge is -2.56. The van der Waals surface area contributed by atoms with Crippen molar-refractivity contribution in [2.24, 2.45) is 34.0 Å². The smallest absolute Gasteiger partial charge is 0.416 e. The van der Waals surface area contributed by atoms with Crippen molar-refractivity contribution < 1.29 is 69.3 Å². The van der Waals surface area contributed by atoms with Crippen molar-refractivity contribution >= 4 is 58.6 Å². The van der Waals surface area contributed by atoms with Crippen LogP contribution in [0.4, 0.5) is 26.3 Å². The van der Waals surface area contributed by atoms with Crippen molar-refractivity contribution in [1.82, 2.24) is 31.9 Å². The van der Waals surface area contributed by atoms with Gasteiger partial charge < -0.3 is 46.1 Å². The van der Waals surface area contributed by atoms with E-state index in [1.165, 1.54) is 83.9 Å². The first-order valence-corrected chi connectivity index (χ1v) is 35.3. The molecular formula is C78H88Cl2F6N6O9. The Balaban J connectivity index is 0.000000163. The fourth-order valence-electron chi connectivity index (χ4n) is 16.4. The van der Waals surface area contributed by atoms with Gasteiger partial charge in [-0.3, -0.25) is 28.8 Å². The van der Waals surface area contributed by atoms with Crippen LogP contribution >= 0.6 is 23.2 Å². The number of hydrogen-bond acceptors (Lipinski definition) is 9.